The molecule has 3 aromatic rings. The molecule has 0 fully saturated rings. The first kappa shape index (κ1) is 21.0. The third kappa shape index (κ3) is 4.29. The number of hydrogen-bond acceptors (Lipinski definition) is 3. The van der Waals surface area contributed by atoms with E-state index in [1.54, 1.807) is 0 Å². The number of aryl methyl sites for hydroxylation is 1. The van der Waals surface area contributed by atoms with Crippen LogP contribution in [0.15, 0.2) is 53.3 Å². The first-order chi connectivity index (χ1) is 15.0. The smallest absolute Gasteiger partial charge is 0.271 e. The molecule has 6 heteroatoms. The van der Waals surface area contributed by atoms with Crippen molar-refractivity contribution in [2.75, 3.05) is 5.32 Å². The van der Waals surface area contributed by atoms with Crippen LogP contribution in [0.3, 0.4) is 0 Å². The van der Waals surface area contributed by atoms with Gasteiger partial charge < -0.3 is 5.32 Å². The number of amides is 1. The Kier molecular flexibility index (Phi) is 5.98. The van der Waals surface area contributed by atoms with Gasteiger partial charge in [-0.15, -0.1) is 0 Å². The third-order valence-corrected chi connectivity index (χ3v) is 5.85. The van der Waals surface area contributed by atoms with Crippen molar-refractivity contribution in [1.82, 2.24) is 9.78 Å². The topological polar surface area (TPSA) is 64.0 Å². The summed E-state index contributed by atoms with van der Waals surface area (Å²) in [6, 6.07) is 12.9. The highest BCUT2D eigenvalue weighted by molar-refractivity contribution is 5.93. The summed E-state index contributed by atoms with van der Waals surface area (Å²) in [6.45, 7) is 3.88. The highest BCUT2D eigenvalue weighted by Gasteiger charge is 2.27. The van der Waals surface area contributed by atoms with Crippen LogP contribution < -0.4 is 10.9 Å². The average Bonchev–Trinajstić information content (AvgIpc) is 2.78. The van der Waals surface area contributed by atoms with E-state index >= 15 is 0 Å². The Morgan fingerprint density at radius 1 is 1.06 bits per heavy atom. The standard InChI is InChI=1S/C25H26FN3O2/c1-3-22(24(30)27-19-14-12-18(26)13-15-19)29-25(31)21-7-5-4-6-20(21)23(28-29)17-10-8-16(2)9-11-17/h8-15,22H,3-7H2,1-2H3,(H,27,30). The number of anilines is 1. The molecule has 1 atom stereocenters. The van der Waals surface area contributed by atoms with Crippen LogP contribution in [0.25, 0.3) is 11.3 Å². The summed E-state index contributed by atoms with van der Waals surface area (Å²) in [4.78, 5) is 26.4. The fraction of sp³-hybridized carbons (Fsp3) is 0.320. The molecular formula is C25H26FN3O2. The van der Waals surface area contributed by atoms with Gasteiger partial charge in [0.2, 0.25) is 5.91 Å². The summed E-state index contributed by atoms with van der Waals surface area (Å²) in [5.74, 6) is -0.713. The molecule has 0 aliphatic heterocycles. The van der Waals surface area contributed by atoms with E-state index in [4.69, 9.17) is 5.10 Å². The van der Waals surface area contributed by atoms with Crippen LogP contribution in [-0.2, 0) is 17.6 Å². The van der Waals surface area contributed by atoms with Crippen molar-refractivity contribution in [3.8, 4) is 11.3 Å². The van der Waals surface area contributed by atoms with Crippen molar-refractivity contribution in [3.63, 3.8) is 0 Å². The molecule has 0 bridgehead atoms. The van der Waals surface area contributed by atoms with Crippen molar-refractivity contribution in [2.45, 2.75) is 52.0 Å². The number of rotatable bonds is 5. The summed E-state index contributed by atoms with van der Waals surface area (Å²) in [6.07, 6.45) is 3.91. The number of benzene rings is 2. The van der Waals surface area contributed by atoms with Gasteiger partial charge in [0.1, 0.15) is 11.9 Å². The molecule has 5 nitrogen and oxygen atoms in total. The number of nitrogens with one attached hydrogen (secondary N) is 1. The minimum Gasteiger partial charge on any atom is -0.324 e. The number of fused-ring (bicyclic) bond motifs is 1. The number of carbonyl (C=O) groups is 1. The van der Waals surface area contributed by atoms with Gasteiger partial charge in [0.15, 0.2) is 0 Å². The van der Waals surface area contributed by atoms with Crippen LogP contribution in [0.5, 0.6) is 0 Å². The largest absolute Gasteiger partial charge is 0.324 e. The fourth-order valence-corrected chi connectivity index (χ4v) is 4.14. The molecule has 0 spiro atoms. The van der Waals surface area contributed by atoms with Crippen molar-refractivity contribution in [2.24, 2.45) is 0 Å². The van der Waals surface area contributed by atoms with Crippen molar-refractivity contribution in [1.29, 1.82) is 0 Å². The second kappa shape index (κ2) is 8.84. The van der Waals surface area contributed by atoms with Crippen LogP contribution in [0.4, 0.5) is 10.1 Å². The second-order valence-electron chi connectivity index (χ2n) is 8.05. The molecule has 1 aliphatic carbocycles. The van der Waals surface area contributed by atoms with Crippen LogP contribution in [0, 0.1) is 12.7 Å². The lowest BCUT2D eigenvalue weighted by molar-refractivity contribution is -0.119. The van der Waals surface area contributed by atoms with Crippen LogP contribution >= 0.6 is 0 Å². The summed E-state index contributed by atoms with van der Waals surface area (Å²) < 4.78 is 14.5. The van der Waals surface area contributed by atoms with Crippen LogP contribution in [0.1, 0.15) is 48.9 Å². The van der Waals surface area contributed by atoms with Crippen molar-refractivity contribution >= 4 is 11.6 Å². The highest BCUT2D eigenvalue weighted by Crippen LogP contribution is 2.29. The quantitative estimate of drug-likeness (QED) is 0.644. The zero-order valence-electron chi connectivity index (χ0n) is 17.8. The number of nitrogens with zero attached hydrogens (tertiary/aromatic N) is 2. The van der Waals surface area contributed by atoms with Gasteiger partial charge >= 0.3 is 0 Å². The minimum atomic E-state index is -0.756. The molecule has 4 rings (SSSR count). The van der Waals surface area contributed by atoms with Gasteiger partial charge in [-0.25, -0.2) is 9.07 Å². The molecule has 1 unspecified atom stereocenters. The predicted octanol–water partition coefficient (Wildman–Crippen LogP) is 4.83. The van der Waals surface area contributed by atoms with Gasteiger partial charge in [0.05, 0.1) is 5.69 Å². The monoisotopic (exact) mass is 419 g/mol. The van der Waals surface area contributed by atoms with E-state index in [1.165, 1.54) is 28.9 Å². The summed E-state index contributed by atoms with van der Waals surface area (Å²) in [7, 11) is 0. The Morgan fingerprint density at radius 3 is 2.35 bits per heavy atom. The number of aromatic nitrogens is 2. The van der Waals surface area contributed by atoms with E-state index in [2.05, 4.69) is 5.32 Å². The number of carbonyl (C=O) groups excluding carboxylic acids is 1. The first-order valence-electron chi connectivity index (χ1n) is 10.8. The van der Waals surface area contributed by atoms with Gasteiger partial charge in [-0.3, -0.25) is 9.59 Å². The normalized spacial score (nSPS) is 14.0. The molecule has 1 heterocycles. The van der Waals surface area contributed by atoms with Crippen LogP contribution in [-0.4, -0.2) is 15.7 Å². The Hall–Kier alpha value is -3.28. The van der Waals surface area contributed by atoms with Crippen LogP contribution in [0.2, 0.25) is 0 Å². The SMILES string of the molecule is CCC(C(=O)Nc1ccc(F)cc1)n1nc(-c2ccc(C)cc2)c2c(c1=O)CCCC2. The number of hydrogen-bond donors (Lipinski definition) is 1. The van der Waals surface area contributed by atoms with Gasteiger partial charge in [-0.05, 0) is 68.9 Å². The molecule has 160 valence electrons. The maximum Gasteiger partial charge on any atom is 0.271 e. The lowest BCUT2D eigenvalue weighted by Gasteiger charge is -2.23. The Balaban J connectivity index is 1.77. The van der Waals surface area contributed by atoms with E-state index in [0.717, 1.165) is 47.2 Å². The molecule has 0 saturated heterocycles. The average molecular weight is 420 g/mol. The van der Waals surface area contributed by atoms with E-state index < -0.39 is 6.04 Å². The molecular weight excluding hydrogens is 393 g/mol. The third-order valence-electron chi connectivity index (χ3n) is 5.85. The van der Waals surface area contributed by atoms with E-state index in [-0.39, 0.29) is 17.3 Å². The first-order valence-corrected chi connectivity index (χ1v) is 10.8. The molecule has 1 aromatic heterocycles. The summed E-state index contributed by atoms with van der Waals surface area (Å²) in [5.41, 5.74) is 4.95. The molecule has 0 radical (unpaired) electrons. The van der Waals surface area contributed by atoms with Gasteiger partial charge in [0.25, 0.3) is 5.56 Å². The Bertz CT molecular complexity index is 1150. The fourth-order valence-electron chi connectivity index (χ4n) is 4.14. The molecule has 31 heavy (non-hydrogen) atoms. The lowest BCUT2D eigenvalue weighted by atomic mass is 9.89. The maximum absolute atomic E-state index is 13.3. The maximum atomic E-state index is 13.3. The molecule has 1 amide bonds. The number of halogens is 1. The van der Waals surface area contributed by atoms with E-state index in [9.17, 15) is 14.0 Å². The zero-order chi connectivity index (χ0) is 22.0. The van der Waals surface area contributed by atoms with E-state index in [1.807, 2.05) is 38.1 Å². The van der Waals surface area contributed by atoms with Gasteiger partial charge in [-0.2, -0.15) is 5.10 Å². The zero-order valence-corrected chi connectivity index (χ0v) is 17.8. The van der Waals surface area contributed by atoms with Crippen molar-refractivity contribution < 1.29 is 9.18 Å². The lowest BCUT2D eigenvalue weighted by Crippen LogP contribution is -2.38. The predicted molar refractivity (Wildman–Crippen MR) is 120 cm³/mol. The van der Waals surface area contributed by atoms with Gasteiger partial charge in [0, 0.05) is 16.8 Å². The highest BCUT2D eigenvalue weighted by atomic mass is 19.1. The molecule has 1 aliphatic rings. The molecule has 1 N–H and O–H groups in total. The Morgan fingerprint density at radius 2 is 1.71 bits per heavy atom. The van der Waals surface area contributed by atoms with E-state index in [0.29, 0.717) is 18.5 Å². The second-order valence-corrected chi connectivity index (χ2v) is 8.05. The van der Waals surface area contributed by atoms with Gasteiger partial charge in [-0.1, -0.05) is 36.8 Å². The van der Waals surface area contributed by atoms with Crippen molar-refractivity contribution in [3.05, 3.63) is 81.4 Å². The molecule has 0 saturated carbocycles. The molecule has 2 aromatic carbocycles. The summed E-state index contributed by atoms with van der Waals surface area (Å²) >= 11 is 0. The minimum absolute atomic E-state index is 0.188. The summed E-state index contributed by atoms with van der Waals surface area (Å²) in [5, 5.41) is 7.50. The Labute approximate surface area is 180 Å².